The Morgan fingerprint density at radius 3 is 3.00 bits per heavy atom. The van der Waals surface area contributed by atoms with Crippen molar-refractivity contribution >= 4 is 6.47 Å². The van der Waals surface area contributed by atoms with Gasteiger partial charge in [-0.3, -0.25) is 10.1 Å². The monoisotopic (exact) mass is 115 g/mol. The van der Waals surface area contributed by atoms with Gasteiger partial charge in [0.1, 0.15) is 0 Å². The standard InChI is InChI=1S/C5H9NO2/c1-2-4-5(6-4)8-3-7/h3-6H,2H2,1H3. The van der Waals surface area contributed by atoms with Gasteiger partial charge in [-0.05, 0) is 6.42 Å². The van der Waals surface area contributed by atoms with Crippen molar-refractivity contribution in [2.24, 2.45) is 0 Å². The Morgan fingerprint density at radius 2 is 2.62 bits per heavy atom. The van der Waals surface area contributed by atoms with Gasteiger partial charge in [-0.1, -0.05) is 6.92 Å². The van der Waals surface area contributed by atoms with Crippen LogP contribution in [0, 0.1) is 0 Å². The maximum Gasteiger partial charge on any atom is 0.294 e. The lowest BCUT2D eigenvalue weighted by Gasteiger charge is -1.87. The van der Waals surface area contributed by atoms with Gasteiger partial charge in [0.05, 0.1) is 6.04 Å². The summed E-state index contributed by atoms with van der Waals surface area (Å²) < 4.78 is 4.56. The van der Waals surface area contributed by atoms with Crippen molar-refractivity contribution in [3.05, 3.63) is 0 Å². The van der Waals surface area contributed by atoms with Crippen LogP contribution in [-0.2, 0) is 9.53 Å². The molecule has 3 heteroatoms. The van der Waals surface area contributed by atoms with E-state index < -0.39 is 0 Å². The van der Waals surface area contributed by atoms with Crippen molar-refractivity contribution < 1.29 is 9.53 Å². The van der Waals surface area contributed by atoms with E-state index in [4.69, 9.17) is 0 Å². The van der Waals surface area contributed by atoms with Crippen LogP contribution < -0.4 is 5.32 Å². The fourth-order valence-electron chi connectivity index (χ4n) is 0.681. The van der Waals surface area contributed by atoms with Gasteiger partial charge in [0.2, 0.25) is 0 Å². The van der Waals surface area contributed by atoms with E-state index >= 15 is 0 Å². The first kappa shape index (κ1) is 5.56. The number of carbonyl (C=O) groups is 1. The molecule has 3 nitrogen and oxygen atoms in total. The summed E-state index contributed by atoms with van der Waals surface area (Å²) in [6.07, 6.45) is 1.04. The molecular weight excluding hydrogens is 106 g/mol. The van der Waals surface area contributed by atoms with Crippen LogP contribution in [0.3, 0.4) is 0 Å². The minimum absolute atomic E-state index is 0.0116. The topological polar surface area (TPSA) is 48.2 Å². The molecule has 1 aliphatic heterocycles. The third kappa shape index (κ3) is 0.980. The van der Waals surface area contributed by atoms with Crippen molar-refractivity contribution in [2.45, 2.75) is 25.6 Å². The maximum absolute atomic E-state index is 9.65. The van der Waals surface area contributed by atoms with Crippen molar-refractivity contribution in [3.63, 3.8) is 0 Å². The molecular formula is C5H9NO2. The first-order valence-electron chi connectivity index (χ1n) is 2.73. The lowest BCUT2D eigenvalue weighted by atomic mass is 10.4. The fourth-order valence-corrected chi connectivity index (χ4v) is 0.681. The number of nitrogens with one attached hydrogen (secondary N) is 1. The SMILES string of the molecule is CCC1NC1OC=O. The predicted molar refractivity (Wildman–Crippen MR) is 28.2 cm³/mol. The molecule has 0 aromatic carbocycles. The number of carbonyl (C=O) groups excluding carboxylic acids is 1. The first-order chi connectivity index (χ1) is 3.88. The average Bonchev–Trinajstić information content (AvgIpc) is 2.48. The van der Waals surface area contributed by atoms with E-state index in [-0.39, 0.29) is 6.23 Å². The molecule has 0 saturated carbocycles. The van der Waals surface area contributed by atoms with Crippen molar-refractivity contribution in [1.82, 2.24) is 5.32 Å². The van der Waals surface area contributed by atoms with Gasteiger partial charge in [0, 0.05) is 0 Å². The van der Waals surface area contributed by atoms with E-state index in [0.29, 0.717) is 12.5 Å². The predicted octanol–water partition coefficient (Wildman–Crippen LogP) is -0.133. The average molecular weight is 115 g/mol. The van der Waals surface area contributed by atoms with Gasteiger partial charge in [-0.15, -0.1) is 0 Å². The lowest BCUT2D eigenvalue weighted by molar-refractivity contribution is -0.130. The molecule has 0 radical (unpaired) electrons. The van der Waals surface area contributed by atoms with Crippen molar-refractivity contribution in [3.8, 4) is 0 Å². The summed E-state index contributed by atoms with van der Waals surface area (Å²) in [6, 6.07) is 0.417. The fraction of sp³-hybridized carbons (Fsp3) is 0.800. The Hall–Kier alpha value is -0.570. The largest absolute Gasteiger partial charge is 0.447 e. The Kier molecular flexibility index (Phi) is 1.48. The molecule has 0 spiro atoms. The summed E-state index contributed by atoms with van der Waals surface area (Å²) in [7, 11) is 0. The molecule has 1 saturated heterocycles. The zero-order valence-corrected chi connectivity index (χ0v) is 4.76. The summed E-state index contributed by atoms with van der Waals surface area (Å²) in [4.78, 5) is 9.65. The van der Waals surface area contributed by atoms with Crippen LogP contribution in [-0.4, -0.2) is 18.7 Å². The van der Waals surface area contributed by atoms with Crippen LogP contribution in [0.5, 0.6) is 0 Å². The van der Waals surface area contributed by atoms with Gasteiger partial charge in [0.25, 0.3) is 6.47 Å². The van der Waals surface area contributed by atoms with Crippen LogP contribution in [0.2, 0.25) is 0 Å². The zero-order valence-electron chi connectivity index (χ0n) is 4.76. The second-order valence-corrected chi connectivity index (χ2v) is 1.83. The molecule has 0 bridgehead atoms. The van der Waals surface area contributed by atoms with E-state index in [1.807, 2.05) is 6.92 Å². The van der Waals surface area contributed by atoms with Gasteiger partial charge in [-0.2, -0.15) is 0 Å². The summed E-state index contributed by atoms with van der Waals surface area (Å²) in [6.45, 7) is 2.53. The summed E-state index contributed by atoms with van der Waals surface area (Å²) in [5, 5.41) is 2.97. The molecule has 0 amide bonds. The molecule has 46 valence electrons. The number of rotatable bonds is 3. The van der Waals surface area contributed by atoms with Gasteiger partial charge in [0.15, 0.2) is 6.23 Å². The van der Waals surface area contributed by atoms with Gasteiger partial charge >= 0.3 is 0 Å². The van der Waals surface area contributed by atoms with Crippen molar-refractivity contribution in [2.75, 3.05) is 0 Å². The van der Waals surface area contributed by atoms with Crippen LogP contribution in [0.15, 0.2) is 0 Å². The van der Waals surface area contributed by atoms with E-state index in [1.54, 1.807) is 0 Å². The lowest BCUT2D eigenvalue weighted by Crippen LogP contribution is -1.96. The molecule has 2 atom stereocenters. The highest BCUT2D eigenvalue weighted by atomic mass is 16.6. The molecule has 1 heterocycles. The van der Waals surface area contributed by atoms with Crippen molar-refractivity contribution in [1.29, 1.82) is 0 Å². The van der Waals surface area contributed by atoms with Crippen LogP contribution in [0.1, 0.15) is 13.3 Å². The minimum Gasteiger partial charge on any atom is -0.447 e. The summed E-state index contributed by atoms with van der Waals surface area (Å²) in [5.74, 6) is 0. The second kappa shape index (κ2) is 2.13. The second-order valence-electron chi connectivity index (χ2n) is 1.83. The van der Waals surface area contributed by atoms with Crippen LogP contribution >= 0.6 is 0 Å². The highest BCUT2D eigenvalue weighted by molar-refractivity contribution is 5.38. The Bertz CT molecular complexity index is 94.4. The number of hydrogen-bond acceptors (Lipinski definition) is 3. The summed E-state index contributed by atoms with van der Waals surface area (Å²) in [5.41, 5.74) is 0. The zero-order chi connectivity index (χ0) is 5.98. The molecule has 1 N–H and O–H groups in total. The summed E-state index contributed by atoms with van der Waals surface area (Å²) >= 11 is 0. The molecule has 2 unspecified atom stereocenters. The smallest absolute Gasteiger partial charge is 0.294 e. The Balaban J connectivity index is 2.07. The van der Waals surface area contributed by atoms with E-state index in [1.165, 1.54) is 0 Å². The molecule has 0 aromatic heterocycles. The first-order valence-corrected chi connectivity index (χ1v) is 2.73. The molecule has 1 fully saturated rings. The maximum atomic E-state index is 9.65. The third-order valence-corrected chi connectivity index (χ3v) is 1.28. The molecule has 1 rings (SSSR count). The minimum atomic E-state index is 0.0116. The molecule has 1 aliphatic rings. The van der Waals surface area contributed by atoms with E-state index in [2.05, 4.69) is 10.1 Å². The highest BCUT2D eigenvalue weighted by Gasteiger charge is 2.35. The highest BCUT2D eigenvalue weighted by Crippen LogP contribution is 2.13. The van der Waals surface area contributed by atoms with Crippen LogP contribution in [0.4, 0.5) is 0 Å². The molecule has 0 aromatic rings. The Labute approximate surface area is 48.0 Å². The van der Waals surface area contributed by atoms with E-state index in [0.717, 1.165) is 6.42 Å². The van der Waals surface area contributed by atoms with Gasteiger partial charge < -0.3 is 4.74 Å². The van der Waals surface area contributed by atoms with Gasteiger partial charge in [-0.25, -0.2) is 0 Å². The quantitative estimate of drug-likeness (QED) is 0.411. The number of hydrogen-bond donors (Lipinski definition) is 1. The number of ether oxygens (including phenoxy) is 1. The molecule has 0 aliphatic carbocycles. The van der Waals surface area contributed by atoms with Crippen LogP contribution in [0.25, 0.3) is 0 Å². The third-order valence-electron chi connectivity index (χ3n) is 1.28. The Morgan fingerprint density at radius 1 is 1.88 bits per heavy atom. The van der Waals surface area contributed by atoms with E-state index in [9.17, 15) is 4.79 Å². The molecule has 8 heavy (non-hydrogen) atoms. The normalized spacial score (nSPS) is 34.1.